The van der Waals surface area contributed by atoms with Crippen molar-refractivity contribution < 1.29 is 69.1 Å². The lowest BCUT2D eigenvalue weighted by molar-refractivity contribution is -0.179. The molecule has 0 amide bonds. The lowest BCUT2D eigenvalue weighted by Crippen LogP contribution is -2.63. The summed E-state index contributed by atoms with van der Waals surface area (Å²) in [6, 6.07) is 5.08. The molecule has 2 aromatic rings. The number of phenolic OH excluding ortho intramolecular Hbond substituents is 2. The molecule has 0 bridgehead atoms. The number of Topliss-reactive ketones (excluding diaryl/α,β-unsaturated/α-hetero) is 1. The molecule has 14 nitrogen and oxygen atoms in total. The van der Waals surface area contributed by atoms with Crippen LogP contribution >= 0.6 is 0 Å². The molecule has 228 valence electrons. The van der Waals surface area contributed by atoms with E-state index >= 15 is 0 Å². The van der Waals surface area contributed by atoms with Gasteiger partial charge in [-0.05, 0) is 47.5 Å². The van der Waals surface area contributed by atoms with Crippen LogP contribution in [0.1, 0.15) is 11.1 Å². The Morgan fingerprint density at radius 2 is 1.14 bits per heavy atom. The Bertz CT molecular complexity index is 1310. The van der Waals surface area contributed by atoms with Gasteiger partial charge in [0.2, 0.25) is 28.7 Å². The Morgan fingerprint density at radius 3 is 1.50 bits per heavy atom. The standard InChI is InChI=1S/C28H32O14/c1-39-18-9-14(10-19(40-2)24(18)34)5-7-16(30)26(36)28(38,27(37)23(33)17(31)13-29)22(32)8-6-15-11-20(41-3)25(35)21(12-15)42-4/h5-12,17,23,27,29,31,33-35,37-38H,13H2,1-4H3/t17-,23-,27+,28+/m1/s1. The van der Waals surface area contributed by atoms with Crippen LogP contribution in [0.15, 0.2) is 36.4 Å². The third-order valence-corrected chi connectivity index (χ3v) is 6.14. The third-order valence-electron chi connectivity index (χ3n) is 6.14. The molecule has 0 aromatic heterocycles. The van der Waals surface area contributed by atoms with Gasteiger partial charge in [0.05, 0.1) is 35.0 Å². The number of hydrogen-bond acceptors (Lipinski definition) is 14. The zero-order chi connectivity index (χ0) is 31.8. The van der Waals surface area contributed by atoms with Crippen LogP contribution in [0.2, 0.25) is 0 Å². The van der Waals surface area contributed by atoms with Crippen LogP contribution in [-0.4, -0.2) is 112 Å². The molecule has 0 aliphatic heterocycles. The lowest BCUT2D eigenvalue weighted by Gasteiger charge is -2.32. The van der Waals surface area contributed by atoms with E-state index in [9.17, 15) is 45.0 Å². The summed E-state index contributed by atoms with van der Waals surface area (Å²) in [7, 11) is 5.01. The summed E-state index contributed by atoms with van der Waals surface area (Å²) < 4.78 is 20.1. The molecule has 0 aliphatic rings. The second kappa shape index (κ2) is 14.4. The highest BCUT2D eigenvalue weighted by molar-refractivity contribution is 6.49. The molecular formula is C28H32O14. The molecule has 0 heterocycles. The molecular weight excluding hydrogens is 560 g/mol. The summed E-state index contributed by atoms with van der Waals surface area (Å²) in [6.07, 6.45) is -3.99. The van der Waals surface area contributed by atoms with Gasteiger partial charge in [0, 0.05) is 0 Å². The van der Waals surface area contributed by atoms with Gasteiger partial charge in [0.15, 0.2) is 28.8 Å². The van der Waals surface area contributed by atoms with E-state index in [1.165, 1.54) is 52.7 Å². The molecule has 0 aliphatic carbocycles. The van der Waals surface area contributed by atoms with Gasteiger partial charge < -0.3 is 54.7 Å². The largest absolute Gasteiger partial charge is 0.502 e. The average Bonchev–Trinajstić information content (AvgIpc) is 3.01. The van der Waals surface area contributed by atoms with E-state index in [1.807, 2.05) is 0 Å². The van der Waals surface area contributed by atoms with E-state index in [4.69, 9.17) is 24.1 Å². The summed E-state index contributed by atoms with van der Waals surface area (Å²) in [5.41, 5.74) is -3.30. The van der Waals surface area contributed by atoms with Gasteiger partial charge in [0.25, 0.3) is 0 Å². The Balaban J connectivity index is 2.53. The number of aliphatic hydroxyl groups is 5. The Morgan fingerprint density at radius 1 is 0.762 bits per heavy atom. The second-order valence-electron chi connectivity index (χ2n) is 8.72. The van der Waals surface area contributed by atoms with Crippen LogP contribution in [0.25, 0.3) is 12.2 Å². The van der Waals surface area contributed by atoms with Gasteiger partial charge in [-0.25, -0.2) is 0 Å². The number of allylic oxidation sites excluding steroid dienone is 1. The number of rotatable bonds is 15. The maximum absolute atomic E-state index is 13.2. The molecule has 0 spiro atoms. The lowest BCUT2D eigenvalue weighted by atomic mass is 9.81. The fourth-order valence-corrected chi connectivity index (χ4v) is 3.71. The normalized spacial score (nSPS) is 15.1. The summed E-state index contributed by atoms with van der Waals surface area (Å²) in [5.74, 6) is -5.86. The summed E-state index contributed by atoms with van der Waals surface area (Å²) in [5, 5.41) is 71.0. The molecule has 0 unspecified atom stereocenters. The summed E-state index contributed by atoms with van der Waals surface area (Å²) >= 11 is 0. The predicted octanol–water partition coefficient (Wildman–Crippen LogP) is -0.628. The van der Waals surface area contributed by atoms with Crippen LogP contribution in [0.5, 0.6) is 34.5 Å². The van der Waals surface area contributed by atoms with Crippen molar-refractivity contribution in [3.8, 4) is 34.5 Å². The van der Waals surface area contributed by atoms with Gasteiger partial charge in [0.1, 0.15) is 18.3 Å². The predicted molar refractivity (Wildman–Crippen MR) is 146 cm³/mol. The van der Waals surface area contributed by atoms with E-state index in [1.54, 1.807) is 0 Å². The van der Waals surface area contributed by atoms with E-state index in [0.29, 0.717) is 12.2 Å². The SMILES string of the molecule is COc1cc(C=CC(=O)C(=O)[C@@](O)(C(=O)C=Cc2cc(OC)c(O)c(OC)c2)[C@@H](O)[C@H](O)[C@H](O)CO)cc(OC)c1O. The molecule has 4 atom stereocenters. The van der Waals surface area contributed by atoms with Gasteiger partial charge >= 0.3 is 0 Å². The molecule has 0 saturated carbocycles. The van der Waals surface area contributed by atoms with E-state index < -0.39 is 47.9 Å². The Hall–Kier alpha value is -4.47. The first-order valence-corrected chi connectivity index (χ1v) is 12.1. The van der Waals surface area contributed by atoms with Crippen LogP contribution in [-0.2, 0) is 14.4 Å². The number of benzene rings is 2. The van der Waals surface area contributed by atoms with Crippen molar-refractivity contribution in [3.63, 3.8) is 0 Å². The summed E-state index contributed by atoms with van der Waals surface area (Å²) in [4.78, 5) is 39.2. The molecule has 14 heteroatoms. The van der Waals surface area contributed by atoms with Crippen LogP contribution in [0.3, 0.4) is 0 Å². The number of aromatic hydroxyl groups is 2. The van der Waals surface area contributed by atoms with Gasteiger partial charge in [-0.3, -0.25) is 14.4 Å². The zero-order valence-electron chi connectivity index (χ0n) is 23.0. The molecule has 42 heavy (non-hydrogen) atoms. The van der Waals surface area contributed by atoms with Crippen LogP contribution < -0.4 is 18.9 Å². The number of aliphatic hydroxyl groups excluding tert-OH is 4. The minimum atomic E-state index is -3.64. The van der Waals surface area contributed by atoms with E-state index in [2.05, 4.69) is 0 Å². The first kappa shape index (κ1) is 33.7. The van der Waals surface area contributed by atoms with Crippen LogP contribution in [0.4, 0.5) is 0 Å². The molecule has 0 fully saturated rings. The molecule has 0 radical (unpaired) electrons. The molecule has 2 aromatic carbocycles. The Labute approximate surface area is 239 Å². The average molecular weight is 593 g/mol. The highest BCUT2D eigenvalue weighted by Gasteiger charge is 2.54. The number of hydrogen-bond donors (Lipinski definition) is 7. The van der Waals surface area contributed by atoms with Gasteiger partial charge in [-0.2, -0.15) is 0 Å². The quantitative estimate of drug-likeness (QED) is 0.0776. The second-order valence-corrected chi connectivity index (χ2v) is 8.72. The summed E-state index contributed by atoms with van der Waals surface area (Å²) in [6.45, 7) is -1.13. The van der Waals surface area contributed by atoms with Crippen molar-refractivity contribution in [2.45, 2.75) is 23.9 Å². The third kappa shape index (κ3) is 7.05. The number of carbonyl (C=O) groups is 3. The van der Waals surface area contributed by atoms with Crippen molar-refractivity contribution in [2.75, 3.05) is 35.0 Å². The molecule has 2 rings (SSSR count). The van der Waals surface area contributed by atoms with E-state index in [-0.39, 0.29) is 45.6 Å². The fraction of sp³-hybridized carbons (Fsp3) is 0.321. The highest BCUT2D eigenvalue weighted by Crippen LogP contribution is 2.38. The number of ketones is 3. The van der Waals surface area contributed by atoms with Gasteiger partial charge in [-0.1, -0.05) is 12.2 Å². The highest BCUT2D eigenvalue weighted by atomic mass is 16.5. The fourth-order valence-electron chi connectivity index (χ4n) is 3.71. The first-order chi connectivity index (χ1) is 19.8. The first-order valence-electron chi connectivity index (χ1n) is 12.1. The van der Waals surface area contributed by atoms with Crippen molar-refractivity contribution in [3.05, 3.63) is 47.5 Å². The van der Waals surface area contributed by atoms with Crippen molar-refractivity contribution in [2.24, 2.45) is 0 Å². The van der Waals surface area contributed by atoms with Crippen molar-refractivity contribution in [1.82, 2.24) is 0 Å². The van der Waals surface area contributed by atoms with Crippen LogP contribution in [0, 0.1) is 0 Å². The minimum Gasteiger partial charge on any atom is -0.502 e. The number of phenols is 2. The number of ether oxygens (including phenoxy) is 4. The van der Waals surface area contributed by atoms with E-state index in [0.717, 1.165) is 12.2 Å². The number of methoxy groups -OCH3 is 4. The molecule has 0 saturated heterocycles. The van der Waals surface area contributed by atoms with Crippen molar-refractivity contribution >= 4 is 29.5 Å². The monoisotopic (exact) mass is 592 g/mol. The maximum atomic E-state index is 13.2. The topological polar surface area (TPSA) is 230 Å². The van der Waals surface area contributed by atoms with Crippen molar-refractivity contribution in [1.29, 1.82) is 0 Å². The zero-order valence-corrected chi connectivity index (χ0v) is 23.0. The molecule has 7 N–H and O–H groups in total. The smallest absolute Gasteiger partial charge is 0.244 e. The number of carbonyl (C=O) groups excluding carboxylic acids is 3. The maximum Gasteiger partial charge on any atom is 0.244 e. The minimum absolute atomic E-state index is 0.0383. The Kier molecular flexibility index (Phi) is 11.6. The van der Waals surface area contributed by atoms with Gasteiger partial charge in [-0.15, -0.1) is 0 Å².